The van der Waals surface area contributed by atoms with Gasteiger partial charge in [-0.1, -0.05) is 78.8 Å². The van der Waals surface area contributed by atoms with Crippen LogP contribution in [0.4, 0.5) is 0 Å². The molecule has 43 heavy (non-hydrogen) atoms. The molecule has 0 spiro atoms. The molecule has 0 aliphatic heterocycles. The molecule has 0 fully saturated rings. The molecule has 0 saturated heterocycles. The Morgan fingerprint density at radius 3 is 2.21 bits per heavy atom. The summed E-state index contributed by atoms with van der Waals surface area (Å²) in [6, 6.07) is 15.9. The highest BCUT2D eigenvalue weighted by molar-refractivity contribution is 7.11. The van der Waals surface area contributed by atoms with Crippen molar-refractivity contribution in [2.75, 3.05) is 0 Å². The number of benzene rings is 2. The minimum atomic E-state index is -0.891. The van der Waals surface area contributed by atoms with Crippen LogP contribution in [0.1, 0.15) is 48.8 Å². The molecule has 0 atom stereocenters. The zero-order valence-electron chi connectivity index (χ0n) is 23.3. The molecule has 0 aliphatic carbocycles. The largest absolute Gasteiger partial charge is 0.489 e. The number of fused-ring (bicyclic) bond motifs is 1. The summed E-state index contributed by atoms with van der Waals surface area (Å²) in [7, 11) is 0. The zero-order valence-corrected chi connectivity index (χ0v) is 26.4. The van der Waals surface area contributed by atoms with Crippen molar-refractivity contribution in [3.63, 3.8) is 0 Å². The van der Waals surface area contributed by atoms with E-state index in [9.17, 15) is 9.90 Å². The zero-order chi connectivity index (χ0) is 30.3. The molecule has 8 heteroatoms. The molecule has 4 nitrogen and oxygen atoms in total. The van der Waals surface area contributed by atoms with Crippen LogP contribution in [0.5, 0.6) is 5.75 Å². The standard InChI is InChI=1S/C35H29Cl2NO3S2/c1-3-33-27(12-14-36)24(21-42-33)16-31-30(18-35(39)40)29-11-10-26(41-20-23-8-6-5-7-9-23)17-32(29)38(31)19-25-22-43-34(4-2)28(25)13-15-37/h3-15,17,21-22H,1-2,16,18-20H2,(H,39,40)/b14-12+,15-13+. The summed E-state index contributed by atoms with van der Waals surface area (Å²) in [6.45, 7) is 8.86. The fourth-order valence-corrected chi connectivity index (χ4v) is 7.33. The summed E-state index contributed by atoms with van der Waals surface area (Å²) in [6.07, 6.45) is 7.78. The van der Waals surface area contributed by atoms with E-state index in [2.05, 4.69) is 28.5 Å². The van der Waals surface area contributed by atoms with Crippen molar-refractivity contribution >= 4 is 87.1 Å². The van der Waals surface area contributed by atoms with Gasteiger partial charge in [0.2, 0.25) is 0 Å². The van der Waals surface area contributed by atoms with E-state index in [0.29, 0.717) is 25.3 Å². The topological polar surface area (TPSA) is 51.5 Å². The number of hydrogen-bond acceptors (Lipinski definition) is 4. The molecule has 0 saturated carbocycles. The predicted molar refractivity (Wildman–Crippen MR) is 185 cm³/mol. The van der Waals surface area contributed by atoms with Crippen molar-refractivity contribution in [1.29, 1.82) is 0 Å². The number of carboxylic acids is 1. The first-order valence-electron chi connectivity index (χ1n) is 13.5. The maximum atomic E-state index is 12.2. The third kappa shape index (κ3) is 6.73. The molecule has 5 aromatic rings. The Bertz CT molecular complexity index is 1840. The van der Waals surface area contributed by atoms with Gasteiger partial charge in [-0.05, 0) is 68.4 Å². The molecule has 0 amide bonds. The summed E-state index contributed by atoms with van der Waals surface area (Å²) < 4.78 is 8.42. The van der Waals surface area contributed by atoms with Gasteiger partial charge in [0, 0.05) is 50.9 Å². The molecule has 0 unspecified atom stereocenters. The van der Waals surface area contributed by atoms with E-state index in [1.807, 2.05) is 72.8 Å². The summed E-state index contributed by atoms with van der Waals surface area (Å²) >= 11 is 15.2. The molecule has 1 N–H and O–H groups in total. The van der Waals surface area contributed by atoms with Crippen molar-refractivity contribution in [2.45, 2.75) is 26.0 Å². The van der Waals surface area contributed by atoms with Crippen LogP contribution < -0.4 is 4.74 Å². The molecule has 5 rings (SSSR count). The van der Waals surface area contributed by atoms with Crippen LogP contribution in [0.15, 0.2) is 83.5 Å². The van der Waals surface area contributed by atoms with Crippen LogP contribution in [0, 0.1) is 0 Å². The fourth-order valence-electron chi connectivity index (χ4n) is 5.29. The second kappa shape index (κ2) is 14.1. The number of hydrogen-bond donors (Lipinski definition) is 1. The molecule has 218 valence electrons. The average molecular weight is 647 g/mol. The van der Waals surface area contributed by atoms with E-state index in [-0.39, 0.29) is 6.42 Å². The van der Waals surface area contributed by atoms with Crippen LogP contribution >= 0.6 is 45.9 Å². The van der Waals surface area contributed by atoms with E-state index in [1.54, 1.807) is 22.7 Å². The van der Waals surface area contributed by atoms with Gasteiger partial charge in [0.05, 0.1) is 11.9 Å². The van der Waals surface area contributed by atoms with Gasteiger partial charge in [-0.2, -0.15) is 0 Å². The monoisotopic (exact) mass is 645 g/mol. The van der Waals surface area contributed by atoms with E-state index >= 15 is 0 Å². The van der Waals surface area contributed by atoms with Crippen molar-refractivity contribution in [2.24, 2.45) is 0 Å². The average Bonchev–Trinajstić information content (AvgIpc) is 3.67. The molecular formula is C35H29Cl2NO3S2. The van der Waals surface area contributed by atoms with Crippen LogP contribution in [0.25, 0.3) is 35.2 Å². The quantitative estimate of drug-likeness (QED) is 0.139. The van der Waals surface area contributed by atoms with Crippen LogP contribution in [0.3, 0.4) is 0 Å². The van der Waals surface area contributed by atoms with E-state index in [1.165, 1.54) is 11.1 Å². The van der Waals surface area contributed by atoms with Gasteiger partial charge in [0.1, 0.15) is 12.4 Å². The lowest BCUT2D eigenvalue weighted by Crippen LogP contribution is -2.09. The molecule has 3 heterocycles. The fraction of sp³-hybridized carbons (Fsp3) is 0.114. The van der Waals surface area contributed by atoms with Crippen LogP contribution in [-0.4, -0.2) is 15.6 Å². The molecule has 0 aliphatic rings. The first-order valence-corrected chi connectivity index (χ1v) is 16.1. The second-order valence-corrected chi connectivity index (χ2v) is 12.1. The number of aliphatic carboxylic acids is 1. The molecule has 3 aromatic heterocycles. The maximum absolute atomic E-state index is 12.2. The van der Waals surface area contributed by atoms with Crippen molar-refractivity contribution in [3.8, 4) is 5.75 Å². The SMILES string of the molecule is C=Cc1scc(Cc2c(CC(=O)O)c3ccc(OCc4ccccc4)cc3n2Cc2csc(C=C)c2/C=C/Cl)c1/C=C/Cl. The number of aromatic nitrogens is 1. The van der Waals surface area contributed by atoms with Gasteiger partial charge in [0.15, 0.2) is 0 Å². The van der Waals surface area contributed by atoms with Gasteiger partial charge < -0.3 is 14.4 Å². The lowest BCUT2D eigenvalue weighted by Gasteiger charge is -2.14. The number of ether oxygens (including phenoxy) is 1. The number of rotatable bonds is 13. The number of nitrogens with zero attached hydrogens (tertiary/aromatic N) is 1. The van der Waals surface area contributed by atoms with E-state index in [4.69, 9.17) is 27.9 Å². The highest BCUT2D eigenvalue weighted by Gasteiger charge is 2.23. The first kappa shape index (κ1) is 30.6. The number of carboxylic acid groups (broad SMARTS) is 1. The Kier molecular flexibility index (Phi) is 10.1. The molecule has 0 bridgehead atoms. The maximum Gasteiger partial charge on any atom is 0.307 e. The minimum Gasteiger partial charge on any atom is -0.489 e. The summed E-state index contributed by atoms with van der Waals surface area (Å²) in [5.74, 6) is -0.185. The third-order valence-corrected chi connectivity index (χ3v) is 9.57. The first-order chi connectivity index (χ1) is 21.0. The second-order valence-electron chi connectivity index (χ2n) is 9.78. The van der Waals surface area contributed by atoms with Gasteiger partial charge in [-0.3, -0.25) is 4.79 Å². The smallest absolute Gasteiger partial charge is 0.307 e. The number of carbonyl (C=O) groups is 1. The summed E-state index contributed by atoms with van der Waals surface area (Å²) in [4.78, 5) is 14.2. The van der Waals surface area contributed by atoms with Gasteiger partial charge in [-0.25, -0.2) is 0 Å². The Hall–Kier alpha value is -3.81. The highest BCUT2D eigenvalue weighted by Crippen LogP contribution is 2.36. The molecular weight excluding hydrogens is 617 g/mol. The van der Waals surface area contributed by atoms with Crippen molar-refractivity contribution in [3.05, 3.63) is 132 Å². The van der Waals surface area contributed by atoms with Crippen molar-refractivity contribution in [1.82, 2.24) is 4.57 Å². The minimum absolute atomic E-state index is 0.113. The highest BCUT2D eigenvalue weighted by atomic mass is 35.5. The Balaban J connectivity index is 1.70. The summed E-state index contributed by atoms with van der Waals surface area (Å²) in [5.41, 5.74) is 10.7. The van der Waals surface area contributed by atoms with Gasteiger partial charge in [0.25, 0.3) is 0 Å². The molecule has 2 aromatic carbocycles. The van der Waals surface area contributed by atoms with Crippen molar-refractivity contribution < 1.29 is 14.6 Å². The van der Waals surface area contributed by atoms with Crippen LogP contribution in [-0.2, 0) is 30.8 Å². The summed E-state index contributed by atoms with van der Waals surface area (Å²) in [5, 5.41) is 15.1. The van der Waals surface area contributed by atoms with E-state index < -0.39 is 5.97 Å². The molecule has 0 radical (unpaired) electrons. The lowest BCUT2D eigenvalue weighted by atomic mass is 10.0. The number of thiophene rings is 2. The van der Waals surface area contributed by atoms with Gasteiger partial charge >= 0.3 is 5.97 Å². The Morgan fingerprint density at radius 1 is 0.930 bits per heavy atom. The van der Waals surface area contributed by atoms with Crippen LogP contribution in [0.2, 0.25) is 0 Å². The number of halogens is 2. The van der Waals surface area contributed by atoms with Gasteiger partial charge in [-0.15, -0.1) is 22.7 Å². The Labute approximate surface area is 269 Å². The van der Waals surface area contributed by atoms with E-state index in [0.717, 1.165) is 59.7 Å². The third-order valence-electron chi connectivity index (χ3n) is 7.23. The lowest BCUT2D eigenvalue weighted by molar-refractivity contribution is -0.136. The Morgan fingerprint density at radius 2 is 1.58 bits per heavy atom. The predicted octanol–water partition coefficient (Wildman–Crippen LogP) is 10.3. The normalized spacial score (nSPS) is 11.6.